The molecule has 1 N–H and O–H groups in total. The van der Waals surface area contributed by atoms with Gasteiger partial charge in [0.15, 0.2) is 9.84 Å². The van der Waals surface area contributed by atoms with Gasteiger partial charge in [-0.05, 0) is 17.0 Å². The normalized spacial score (nSPS) is 12.1. The number of hydrogen-bond donors (Lipinski definition) is 1. The molecule has 0 atom stereocenters. The number of carbonyl (C=O) groups is 1. The fourth-order valence-electron chi connectivity index (χ4n) is 1.11. The number of carbonyl (C=O) groups excluding carboxylic acids is 1. The van der Waals surface area contributed by atoms with Gasteiger partial charge in [-0.3, -0.25) is 4.79 Å². The molecule has 0 unspecified atom stereocenters. The van der Waals surface area contributed by atoms with E-state index in [-0.39, 0.29) is 11.4 Å². The lowest BCUT2D eigenvalue weighted by atomic mass is 10.4. The fraction of sp³-hybridized carbons (Fsp3) is 0.125. The minimum absolute atomic E-state index is 0.124. The molecule has 0 spiro atoms. The van der Waals surface area contributed by atoms with Crippen molar-refractivity contribution in [3.63, 3.8) is 0 Å². The maximum atomic E-state index is 11.6. The zero-order valence-electron chi connectivity index (χ0n) is 8.65. The van der Waals surface area contributed by atoms with Crippen LogP contribution in [0.2, 0.25) is 0 Å². The fourth-order valence-corrected chi connectivity index (χ4v) is 3.50. The molecule has 0 bridgehead atoms. The molecule has 7 nitrogen and oxygen atoms in total. The summed E-state index contributed by atoms with van der Waals surface area (Å²) in [4.78, 5) is 14.4. The van der Waals surface area contributed by atoms with Crippen LogP contribution in [0.4, 0.5) is 0 Å². The summed E-state index contributed by atoms with van der Waals surface area (Å²) in [6.07, 6.45) is 0.877. The van der Waals surface area contributed by atoms with E-state index in [1.807, 2.05) is 0 Å². The molecule has 0 radical (unpaired) electrons. The third-order valence-electron chi connectivity index (χ3n) is 1.74. The summed E-state index contributed by atoms with van der Waals surface area (Å²) in [5.74, 6) is 0. The van der Waals surface area contributed by atoms with Gasteiger partial charge in [0, 0.05) is 6.26 Å². The molecule has 0 amide bonds. The van der Waals surface area contributed by atoms with Crippen LogP contribution in [0, 0.1) is 0 Å². The Morgan fingerprint density at radius 1 is 1.12 bits per heavy atom. The monoisotopic (exact) mass is 279 g/mol. The van der Waals surface area contributed by atoms with Crippen LogP contribution >= 0.6 is 0 Å². The molecule has 0 aliphatic carbocycles. The number of benzene rings is 1. The lowest BCUT2D eigenvalue weighted by Crippen LogP contribution is -2.25. The number of sulfone groups is 1. The molecule has 0 fully saturated rings. The van der Waals surface area contributed by atoms with Crippen molar-refractivity contribution < 1.29 is 26.5 Å². The van der Waals surface area contributed by atoms with Gasteiger partial charge in [0.2, 0.25) is 0 Å². The maximum Gasteiger partial charge on any atom is 0.314 e. The van der Waals surface area contributed by atoms with E-state index in [1.54, 1.807) is 0 Å². The number of nitrogens with one attached hydrogen (secondary N) is 1. The van der Waals surface area contributed by atoms with Gasteiger partial charge >= 0.3 is 6.47 Å². The van der Waals surface area contributed by atoms with Gasteiger partial charge in [-0.15, -0.1) is 0 Å². The molecule has 0 aliphatic heterocycles. The molecule has 1 aromatic carbocycles. The van der Waals surface area contributed by atoms with E-state index >= 15 is 0 Å². The highest BCUT2D eigenvalue weighted by Gasteiger charge is 2.23. The Hall–Kier alpha value is -1.45. The van der Waals surface area contributed by atoms with Crippen LogP contribution in [0.1, 0.15) is 0 Å². The van der Waals surface area contributed by atoms with Crippen LogP contribution in [-0.2, 0) is 29.5 Å². The molecule has 0 saturated heterocycles. The van der Waals surface area contributed by atoms with E-state index in [9.17, 15) is 21.6 Å². The first kappa shape index (κ1) is 13.6. The van der Waals surface area contributed by atoms with Crippen LogP contribution in [-0.4, -0.2) is 29.6 Å². The quantitative estimate of drug-likeness (QED) is 0.573. The van der Waals surface area contributed by atoms with Gasteiger partial charge in [0.05, 0.1) is 4.90 Å². The van der Waals surface area contributed by atoms with Gasteiger partial charge in [-0.2, -0.15) is 0 Å². The van der Waals surface area contributed by atoms with Crippen LogP contribution in [0.15, 0.2) is 34.1 Å². The van der Waals surface area contributed by atoms with Crippen LogP contribution in [0.5, 0.6) is 0 Å². The molecule has 0 aromatic heterocycles. The first-order valence-corrected chi connectivity index (χ1v) is 7.56. The summed E-state index contributed by atoms with van der Waals surface area (Å²) >= 11 is 0. The highest BCUT2D eigenvalue weighted by Crippen LogP contribution is 2.19. The van der Waals surface area contributed by atoms with E-state index in [0.29, 0.717) is 0 Å². The number of hydrogen-bond acceptors (Lipinski definition) is 6. The molecule has 1 rings (SSSR count). The third-order valence-corrected chi connectivity index (χ3v) is 4.28. The minimum atomic E-state index is -4.22. The molecular formula is C8H9NO6S2. The summed E-state index contributed by atoms with van der Waals surface area (Å²) in [5.41, 5.74) is 0. The van der Waals surface area contributed by atoms with Crippen LogP contribution in [0.3, 0.4) is 0 Å². The van der Waals surface area contributed by atoms with Crippen molar-refractivity contribution in [2.75, 3.05) is 6.26 Å². The highest BCUT2D eigenvalue weighted by molar-refractivity contribution is 7.93. The second-order valence-corrected chi connectivity index (χ2v) is 6.62. The Kier molecular flexibility index (Phi) is 3.86. The van der Waals surface area contributed by atoms with E-state index in [0.717, 1.165) is 18.4 Å². The van der Waals surface area contributed by atoms with E-state index < -0.39 is 24.8 Å². The number of sulfonamides is 1. The summed E-state index contributed by atoms with van der Waals surface area (Å²) in [5, 5.41) is 0. The van der Waals surface area contributed by atoms with Crippen molar-refractivity contribution in [2.24, 2.45) is 0 Å². The highest BCUT2D eigenvalue weighted by atomic mass is 32.2. The predicted octanol–water partition coefficient (Wildman–Crippen LogP) is -0.544. The molecule has 94 valence electrons. The Morgan fingerprint density at radius 2 is 1.65 bits per heavy atom. The van der Waals surface area contributed by atoms with Crippen LogP contribution < -0.4 is 4.89 Å². The zero-order valence-corrected chi connectivity index (χ0v) is 10.3. The lowest BCUT2D eigenvalue weighted by Gasteiger charge is -2.08. The van der Waals surface area contributed by atoms with Crippen LogP contribution in [0.25, 0.3) is 0 Å². The summed E-state index contributed by atoms with van der Waals surface area (Å²) in [6, 6.07) is 4.97. The number of rotatable bonds is 5. The molecule has 0 heterocycles. The second kappa shape index (κ2) is 4.82. The zero-order chi connectivity index (χ0) is 13.1. The molecule has 0 saturated carbocycles. The molecule has 0 aliphatic rings. The van der Waals surface area contributed by atoms with Gasteiger partial charge in [-0.1, -0.05) is 12.1 Å². The Labute approximate surface area is 98.3 Å². The average molecular weight is 279 g/mol. The van der Waals surface area contributed by atoms with Crippen molar-refractivity contribution in [3.05, 3.63) is 24.3 Å². The predicted molar refractivity (Wildman–Crippen MR) is 57.0 cm³/mol. The summed E-state index contributed by atoms with van der Waals surface area (Å²) in [7, 11) is -7.92. The van der Waals surface area contributed by atoms with Gasteiger partial charge in [0.1, 0.15) is 4.90 Å². The minimum Gasteiger partial charge on any atom is -0.358 e. The van der Waals surface area contributed by atoms with Crippen molar-refractivity contribution in [1.82, 2.24) is 4.89 Å². The Balaban J connectivity index is 3.38. The Bertz CT molecular complexity index is 619. The standard InChI is InChI=1S/C8H9NO6S2/c1-16(11,12)7-4-2-3-5-8(7)17(13,14)9-15-6-10/h2-6,9H,1H3. The van der Waals surface area contributed by atoms with Crippen molar-refractivity contribution in [1.29, 1.82) is 0 Å². The summed E-state index contributed by atoms with van der Waals surface area (Å²) < 4.78 is 45.9. The first-order valence-electron chi connectivity index (χ1n) is 4.19. The third kappa shape index (κ3) is 3.25. The van der Waals surface area contributed by atoms with E-state index in [2.05, 4.69) is 4.84 Å². The van der Waals surface area contributed by atoms with E-state index in [1.165, 1.54) is 17.0 Å². The topological polar surface area (TPSA) is 107 Å². The maximum absolute atomic E-state index is 11.6. The second-order valence-electron chi connectivity index (χ2n) is 3.02. The SMILES string of the molecule is CS(=O)(=O)c1ccccc1S(=O)(=O)NOC=O. The van der Waals surface area contributed by atoms with Gasteiger partial charge < -0.3 is 4.84 Å². The van der Waals surface area contributed by atoms with Crippen molar-refractivity contribution >= 4 is 26.3 Å². The molecular weight excluding hydrogens is 270 g/mol. The first-order chi connectivity index (χ1) is 7.79. The molecule has 1 aromatic rings. The molecule has 17 heavy (non-hydrogen) atoms. The smallest absolute Gasteiger partial charge is 0.314 e. The molecule has 9 heteroatoms. The Morgan fingerprint density at radius 3 is 2.12 bits per heavy atom. The summed E-state index contributed by atoms with van der Waals surface area (Å²) in [6.45, 7) is -0.124. The van der Waals surface area contributed by atoms with Crippen molar-refractivity contribution in [2.45, 2.75) is 9.79 Å². The van der Waals surface area contributed by atoms with Gasteiger partial charge in [0.25, 0.3) is 10.0 Å². The van der Waals surface area contributed by atoms with E-state index in [4.69, 9.17) is 0 Å². The average Bonchev–Trinajstić information content (AvgIpc) is 2.25. The lowest BCUT2D eigenvalue weighted by molar-refractivity contribution is -0.131. The largest absolute Gasteiger partial charge is 0.358 e. The van der Waals surface area contributed by atoms with Crippen molar-refractivity contribution in [3.8, 4) is 0 Å². The van der Waals surface area contributed by atoms with Gasteiger partial charge in [-0.25, -0.2) is 16.8 Å².